The molecule has 84 valence electrons. The van der Waals surface area contributed by atoms with Gasteiger partial charge in [0.2, 0.25) is 0 Å². The third-order valence-corrected chi connectivity index (χ3v) is 3.04. The first-order chi connectivity index (χ1) is 7.74. The zero-order valence-corrected chi connectivity index (χ0v) is 10.3. The second-order valence-corrected chi connectivity index (χ2v) is 4.25. The van der Waals surface area contributed by atoms with E-state index in [2.05, 4.69) is 24.0 Å². The van der Waals surface area contributed by atoms with E-state index in [1.165, 1.54) is 0 Å². The van der Waals surface area contributed by atoms with E-state index < -0.39 is 0 Å². The number of aromatic nitrogens is 3. The average molecular weight is 233 g/mol. The number of H-pyrrole nitrogens is 1. The molecule has 2 aromatic rings. The van der Waals surface area contributed by atoms with Crippen molar-refractivity contribution in [3.63, 3.8) is 0 Å². The third-order valence-electron chi connectivity index (χ3n) is 2.77. The van der Waals surface area contributed by atoms with Crippen LogP contribution in [0.25, 0.3) is 5.69 Å². The Morgan fingerprint density at radius 3 is 2.69 bits per heavy atom. The number of nitrogens with zero attached hydrogens (tertiary/aromatic N) is 2. The molecule has 0 bridgehead atoms. The SMILES string of the molecule is CCC(C)c1n[nH]c(=S)n1-c1ccccc1. The summed E-state index contributed by atoms with van der Waals surface area (Å²) in [6.45, 7) is 4.31. The van der Waals surface area contributed by atoms with E-state index >= 15 is 0 Å². The van der Waals surface area contributed by atoms with Crippen LogP contribution in [0.15, 0.2) is 30.3 Å². The van der Waals surface area contributed by atoms with Crippen LogP contribution in [0.1, 0.15) is 32.0 Å². The summed E-state index contributed by atoms with van der Waals surface area (Å²) in [6.07, 6.45) is 1.05. The Labute approximate surface area is 100 Å². The molecule has 1 heterocycles. The highest BCUT2D eigenvalue weighted by atomic mass is 32.1. The molecule has 0 spiro atoms. The van der Waals surface area contributed by atoms with Gasteiger partial charge in [0.25, 0.3) is 0 Å². The zero-order chi connectivity index (χ0) is 11.5. The van der Waals surface area contributed by atoms with Crippen molar-refractivity contribution in [2.24, 2.45) is 0 Å². The lowest BCUT2D eigenvalue weighted by Gasteiger charge is -2.10. The van der Waals surface area contributed by atoms with Crippen molar-refractivity contribution in [3.8, 4) is 5.69 Å². The van der Waals surface area contributed by atoms with Crippen molar-refractivity contribution in [1.82, 2.24) is 14.8 Å². The lowest BCUT2D eigenvalue weighted by Crippen LogP contribution is -2.04. The van der Waals surface area contributed by atoms with Crippen LogP contribution in [-0.2, 0) is 0 Å². The number of para-hydroxylation sites is 1. The first kappa shape index (κ1) is 11.1. The van der Waals surface area contributed by atoms with Crippen molar-refractivity contribution >= 4 is 12.2 Å². The van der Waals surface area contributed by atoms with Gasteiger partial charge in [-0.2, -0.15) is 5.10 Å². The number of rotatable bonds is 3. The maximum atomic E-state index is 5.27. The summed E-state index contributed by atoms with van der Waals surface area (Å²) in [4.78, 5) is 0. The largest absolute Gasteiger partial charge is 0.272 e. The van der Waals surface area contributed by atoms with E-state index in [1.807, 2.05) is 34.9 Å². The molecule has 0 radical (unpaired) electrons. The molecule has 0 saturated carbocycles. The average Bonchev–Trinajstić information content (AvgIpc) is 2.71. The Kier molecular flexibility index (Phi) is 3.19. The van der Waals surface area contributed by atoms with E-state index in [-0.39, 0.29) is 0 Å². The van der Waals surface area contributed by atoms with Gasteiger partial charge >= 0.3 is 0 Å². The first-order valence-electron chi connectivity index (χ1n) is 5.46. The number of benzene rings is 1. The van der Waals surface area contributed by atoms with Crippen molar-refractivity contribution in [2.45, 2.75) is 26.2 Å². The number of hydrogen-bond donors (Lipinski definition) is 1. The normalized spacial score (nSPS) is 12.6. The second-order valence-electron chi connectivity index (χ2n) is 3.87. The van der Waals surface area contributed by atoms with Crippen molar-refractivity contribution in [3.05, 3.63) is 40.9 Å². The maximum absolute atomic E-state index is 5.27. The smallest absolute Gasteiger partial charge is 0.199 e. The minimum atomic E-state index is 0.396. The highest BCUT2D eigenvalue weighted by Gasteiger charge is 2.13. The topological polar surface area (TPSA) is 33.6 Å². The highest BCUT2D eigenvalue weighted by molar-refractivity contribution is 7.71. The van der Waals surface area contributed by atoms with Gasteiger partial charge in [0.05, 0.1) is 0 Å². The fraction of sp³-hybridized carbons (Fsp3) is 0.333. The van der Waals surface area contributed by atoms with E-state index in [0.29, 0.717) is 10.7 Å². The van der Waals surface area contributed by atoms with Gasteiger partial charge in [0, 0.05) is 11.6 Å². The summed E-state index contributed by atoms with van der Waals surface area (Å²) < 4.78 is 2.66. The fourth-order valence-corrected chi connectivity index (χ4v) is 1.89. The Bertz CT molecular complexity index is 513. The summed E-state index contributed by atoms with van der Waals surface area (Å²) in [6, 6.07) is 10.1. The standard InChI is InChI=1S/C12H15N3S/c1-3-9(2)11-13-14-12(16)15(11)10-7-5-4-6-8-10/h4-9H,3H2,1-2H3,(H,14,16). The lowest BCUT2D eigenvalue weighted by molar-refractivity contribution is 0.660. The molecule has 0 aliphatic rings. The highest BCUT2D eigenvalue weighted by Crippen LogP contribution is 2.20. The van der Waals surface area contributed by atoms with Gasteiger partial charge in [-0.25, -0.2) is 0 Å². The summed E-state index contributed by atoms with van der Waals surface area (Å²) >= 11 is 5.27. The summed E-state index contributed by atoms with van der Waals surface area (Å²) in [5.41, 5.74) is 1.07. The summed E-state index contributed by atoms with van der Waals surface area (Å²) in [7, 11) is 0. The monoisotopic (exact) mass is 233 g/mol. The predicted octanol–water partition coefficient (Wildman–Crippen LogP) is 3.44. The third kappa shape index (κ3) is 1.93. The molecule has 2 rings (SSSR count). The van der Waals surface area contributed by atoms with E-state index in [1.54, 1.807) is 0 Å². The lowest BCUT2D eigenvalue weighted by atomic mass is 10.1. The van der Waals surface area contributed by atoms with Crippen molar-refractivity contribution in [2.75, 3.05) is 0 Å². The Balaban J connectivity index is 2.56. The van der Waals surface area contributed by atoms with Gasteiger partial charge in [-0.3, -0.25) is 9.67 Å². The quantitative estimate of drug-likeness (QED) is 0.824. The van der Waals surface area contributed by atoms with Crippen LogP contribution in [0.5, 0.6) is 0 Å². The summed E-state index contributed by atoms with van der Waals surface area (Å²) in [5.74, 6) is 1.40. The molecule has 1 aromatic heterocycles. The molecule has 0 aliphatic heterocycles. The molecule has 0 aliphatic carbocycles. The summed E-state index contributed by atoms with van der Waals surface area (Å²) in [5, 5.41) is 7.18. The van der Waals surface area contributed by atoms with Gasteiger partial charge in [0.1, 0.15) is 5.82 Å². The van der Waals surface area contributed by atoms with Gasteiger partial charge < -0.3 is 0 Å². The van der Waals surface area contributed by atoms with Crippen LogP contribution in [0.2, 0.25) is 0 Å². The molecule has 0 fully saturated rings. The number of aromatic amines is 1. The molecule has 1 N–H and O–H groups in total. The van der Waals surface area contributed by atoms with Crippen molar-refractivity contribution < 1.29 is 0 Å². The molecule has 16 heavy (non-hydrogen) atoms. The zero-order valence-electron chi connectivity index (χ0n) is 9.47. The maximum Gasteiger partial charge on any atom is 0.199 e. The molecular formula is C12H15N3S. The minimum Gasteiger partial charge on any atom is -0.272 e. The van der Waals surface area contributed by atoms with Crippen molar-refractivity contribution in [1.29, 1.82) is 0 Å². The Hall–Kier alpha value is -1.42. The van der Waals surface area contributed by atoms with Gasteiger partial charge in [-0.05, 0) is 30.8 Å². The number of nitrogens with one attached hydrogen (secondary N) is 1. The van der Waals surface area contributed by atoms with Crippen LogP contribution in [0, 0.1) is 4.77 Å². The Morgan fingerprint density at radius 1 is 1.38 bits per heavy atom. The molecule has 0 saturated heterocycles. The van der Waals surface area contributed by atoms with E-state index in [0.717, 1.165) is 17.9 Å². The predicted molar refractivity (Wildman–Crippen MR) is 67.5 cm³/mol. The van der Waals surface area contributed by atoms with Crippen LogP contribution in [-0.4, -0.2) is 14.8 Å². The molecule has 3 nitrogen and oxygen atoms in total. The fourth-order valence-electron chi connectivity index (χ4n) is 1.65. The van der Waals surface area contributed by atoms with Gasteiger partial charge in [0.15, 0.2) is 4.77 Å². The van der Waals surface area contributed by atoms with Gasteiger partial charge in [-0.1, -0.05) is 32.0 Å². The molecule has 1 atom stereocenters. The van der Waals surface area contributed by atoms with E-state index in [9.17, 15) is 0 Å². The molecule has 1 aromatic carbocycles. The molecule has 0 amide bonds. The van der Waals surface area contributed by atoms with Crippen LogP contribution >= 0.6 is 12.2 Å². The molecule has 1 unspecified atom stereocenters. The number of hydrogen-bond acceptors (Lipinski definition) is 2. The Morgan fingerprint density at radius 2 is 2.06 bits per heavy atom. The second kappa shape index (κ2) is 4.61. The van der Waals surface area contributed by atoms with E-state index in [4.69, 9.17) is 12.2 Å². The first-order valence-corrected chi connectivity index (χ1v) is 5.87. The minimum absolute atomic E-state index is 0.396. The van der Waals surface area contributed by atoms with Crippen LogP contribution in [0.4, 0.5) is 0 Å². The molecule has 4 heteroatoms. The van der Waals surface area contributed by atoms with Gasteiger partial charge in [-0.15, -0.1) is 0 Å². The molecular weight excluding hydrogens is 218 g/mol. The van der Waals surface area contributed by atoms with Crippen LogP contribution in [0.3, 0.4) is 0 Å². The van der Waals surface area contributed by atoms with Crippen LogP contribution < -0.4 is 0 Å².